The molecule has 0 spiro atoms. The second kappa shape index (κ2) is 7.29. The summed E-state index contributed by atoms with van der Waals surface area (Å²) < 4.78 is 39.3. The molecule has 5 heteroatoms. The van der Waals surface area contributed by atoms with Gasteiger partial charge < -0.3 is 5.11 Å². The molecule has 3 atom stereocenters. The number of aliphatic carboxylic acids is 1. The molecule has 0 aromatic heterocycles. The third-order valence-corrected chi connectivity index (χ3v) is 3.60. The van der Waals surface area contributed by atoms with E-state index in [1.165, 1.54) is 19.9 Å². The van der Waals surface area contributed by atoms with Crippen LogP contribution < -0.4 is 0 Å². The fourth-order valence-corrected chi connectivity index (χ4v) is 2.32. The summed E-state index contributed by atoms with van der Waals surface area (Å²) in [6.45, 7) is 2.74. The molecule has 1 aromatic carbocycles. The van der Waals surface area contributed by atoms with E-state index in [0.717, 1.165) is 5.56 Å². The zero-order chi connectivity index (χ0) is 16.0. The Hall–Kier alpha value is -1.78. The summed E-state index contributed by atoms with van der Waals surface area (Å²) in [5.74, 6) is -5.08. The molecular formula is C16H19F3O2. The SMILES string of the molecule is CCC([C@H](/C=C/c1ccccc1)[C@@H](C)C(=O)O)C(F)(F)F. The van der Waals surface area contributed by atoms with Crippen molar-refractivity contribution in [3.63, 3.8) is 0 Å². The number of carboxylic acid groups (broad SMARTS) is 1. The number of halogens is 3. The molecule has 2 nitrogen and oxygen atoms in total. The minimum Gasteiger partial charge on any atom is -0.481 e. The second-order valence-electron chi connectivity index (χ2n) is 5.03. The smallest absolute Gasteiger partial charge is 0.392 e. The van der Waals surface area contributed by atoms with E-state index in [4.69, 9.17) is 5.11 Å². The summed E-state index contributed by atoms with van der Waals surface area (Å²) in [5, 5.41) is 9.06. The van der Waals surface area contributed by atoms with Gasteiger partial charge in [-0.15, -0.1) is 0 Å². The van der Waals surface area contributed by atoms with Crippen LogP contribution in [0.3, 0.4) is 0 Å². The second-order valence-corrected chi connectivity index (χ2v) is 5.03. The van der Waals surface area contributed by atoms with Crippen molar-refractivity contribution >= 4 is 12.0 Å². The topological polar surface area (TPSA) is 37.3 Å². The Morgan fingerprint density at radius 3 is 2.29 bits per heavy atom. The first-order chi connectivity index (χ1) is 9.77. The molecule has 1 rings (SSSR count). The predicted octanol–water partition coefficient (Wildman–Crippen LogP) is 4.63. The maximum atomic E-state index is 13.1. The maximum Gasteiger partial charge on any atom is 0.392 e. The zero-order valence-electron chi connectivity index (χ0n) is 12.0. The van der Waals surface area contributed by atoms with E-state index < -0.39 is 29.9 Å². The van der Waals surface area contributed by atoms with Gasteiger partial charge in [0.25, 0.3) is 0 Å². The number of carboxylic acids is 1. The van der Waals surface area contributed by atoms with E-state index in [0.29, 0.717) is 0 Å². The first-order valence-corrected chi connectivity index (χ1v) is 6.80. The lowest BCUT2D eigenvalue weighted by Gasteiger charge is -2.28. The first-order valence-electron chi connectivity index (χ1n) is 6.80. The van der Waals surface area contributed by atoms with Crippen molar-refractivity contribution in [3.05, 3.63) is 42.0 Å². The van der Waals surface area contributed by atoms with Crippen molar-refractivity contribution < 1.29 is 23.1 Å². The molecule has 1 unspecified atom stereocenters. The zero-order valence-corrected chi connectivity index (χ0v) is 12.0. The molecule has 1 N–H and O–H groups in total. The van der Waals surface area contributed by atoms with Gasteiger partial charge in [0.05, 0.1) is 11.8 Å². The van der Waals surface area contributed by atoms with Gasteiger partial charge >= 0.3 is 12.1 Å². The van der Waals surface area contributed by atoms with Crippen molar-refractivity contribution in [1.82, 2.24) is 0 Å². The lowest BCUT2D eigenvalue weighted by molar-refractivity contribution is -0.191. The van der Waals surface area contributed by atoms with Gasteiger partial charge in [0.2, 0.25) is 0 Å². The fourth-order valence-electron chi connectivity index (χ4n) is 2.32. The third-order valence-electron chi connectivity index (χ3n) is 3.60. The quantitative estimate of drug-likeness (QED) is 0.832. The van der Waals surface area contributed by atoms with E-state index in [9.17, 15) is 18.0 Å². The van der Waals surface area contributed by atoms with Crippen LogP contribution in [0.2, 0.25) is 0 Å². The molecule has 0 saturated carbocycles. The van der Waals surface area contributed by atoms with Gasteiger partial charge in [-0.05, 0) is 12.0 Å². The highest BCUT2D eigenvalue weighted by Crippen LogP contribution is 2.39. The van der Waals surface area contributed by atoms with E-state index in [-0.39, 0.29) is 6.42 Å². The minimum atomic E-state index is -4.41. The molecule has 21 heavy (non-hydrogen) atoms. The van der Waals surface area contributed by atoms with Crippen molar-refractivity contribution in [2.24, 2.45) is 17.8 Å². The maximum absolute atomic E-state index is 13.1. The molecule has 0 aliphatic carbocycles. The highest BCUT2D eigenvalue weighted by Gasteiger charge is 2.45. The van der Waals surface area contributed by atoms with Gasteiger partial charge in [-0.3, -0.25) is 4.79 Å². The number of benzene rings is 1. The molecule has 0 bridgehead atoms. The number of hydrogen-bond acceptors (Lipinski definition) is 1. The molecule has 116 valence electrons. The lowest BCUT2D eigenvalue weighted by atomic mass is 9.80. The van der Waals surface area contributed by atoms with Crippen LogP contribution >= 0.6 is 0 Å². The van der Waals surface area contributed by atoms with Crippen LogP contribution in [0, 0.1) is 17.8 Å². The lowest BCUT2D eigenvalue weighted by Crippen LogP contribution is -2.35. The number of rotatable bonds is 6. The number of allylic oxidation sites excluding steroid dienone is 1. The van der Waals surface area contributed by atoms with Crippen LogP contribution in [0.15, 0.2) is 36.4 Å². The Bertz CT molecular complexity index is 480. The summed E-state index contributed by atoms with van der Waals surface area (Å²) >= 11 is 0. The minimum absolute atomic E-state index is 0.148. The Kier molecular flexibility index (Phi) is 6.00. The molecule has 0 aliphatic rings. The largest absolute Gasteiger partial charge is 0.481 e. The van der Waals surface area contributed by atoms with Crippen LogP contribution in [0.1, 0.15) is 25.8 Å². The molecule has 0 fully saturated rings. The van der Waals surface area contributed by atoms with Gasteiger partial charge in [0.15, 0.2) is 0 Å². The Balaban J connectivity index is 3.08. The van der Waals surface area contributed by atoms with Crippen LogP contribution in [-0.4, -0.2) is 17.3 Å². The Labute approximate surface area is 122 Å². The van der Waals surface area contributed by atoms with E-state index in [1.807, 2.05) is 0 Å². The van der Waals surface area contributed by atoms with E-state index in [2.05, 4.69) is 0 Å². The number of alkyl halides is 3. The van der Waals surface area contributed by atoms with Crippen molar-refractivity contribution in [2.75, 3.05) is 0 Å². The van der Waals surface area contributed by atoms with Gasteiger partial charge in [-0.25, -0.2) is 0 Å². The Morgan fingerprint density at radius 1 is 1.29 bits per heavy atom. The first kappa shape index (κ1) is 17.3. The van der Waals surface area contributed by atoms with Crippen molar-refractivity contribution in [1.29, 1.82) is 0 Å². The number of hydrogen-bond donors (Lipinski definition) is 1. The molecule has 0 radical (unpaired) electrons. The molecule has 0 saturated heterocycles. The fraction of sp³-hybridized carbons (Fsp3) is 0.438. The van der Waals surface area contributed by atoms with Crippen LogP contribution in [0.25, 0.3) is 6.08 Å². The molecule has 0 aliphatic heterocycles. The van der Waals surface area contributed by atoms with Gasteiger partial charge in [-0.1, -0.05) is 56.3 Å². The average molecular weight is 300 g/mol. The summed E-state index contributed by atoms with van der Waals surface area (Å²) in [4.78, 5) is 11.1. The average Bonchev–Trinajstić information content (AvgIpc) is 2.42. The summed E-state index contributed by atoms with van der Waals surface area (Å²) in [5.41, 5.74) is 0.747. The van der Waals surface area contributed by atoms with Gasteiger partial charge in [-0.2, -0.15) is 13.2 Å². The monoisotopic (exact) mass is 300 g/mol. The highest BCUT2D eigenvalue weighted by atomic mass is 19.4. The highest BCUT2D eigenvalue weighted by molar-refractivity contribution is 5.70. The normalized spacial score (nSPS) is 16.6. The van der Waals surface area contributed by atoms with E-state index in [1.54, 1.807) is 36.4 Å². The van der Waals surface area contributed by atoms with Gasteiger partial charge in [0, 0.05) is 5.92 Å². The van der Waals surface area contributed by atoms with Crippen LogP contribution in [0.5, 0.6) is 0 Å². The molecule has 0 heterocycles. The van der Waals surface area contributed by atoms with Crippen molar-refractivity contribution in [3.8, 4) is 0 Å². The summed E-state index contributed by atoms with van der Waals surface area (Å²) in [6.07, 6.45) is -1.64. The predicted molar refractivity (Wildman–Crippen MR) is 75.6 cm³/mol. The van der Waals surface area contributed by atoms with Crippen LogP contribution in [-0.2, 0) is 4.79 Å². The third kappa shape index (κ3) is 4.92. The van der Waals surface area contributed by atoms with Crippen molar-refractivity contribution in [2.45, 2.75) is 26.4 Å². The van der Waals surface area contributed by atoms with Crippen LogP contribution in [0.4, 0.5) is 13.2 Å². The standard InChI is InChI=1S/C16H19F3O2/c1-3-14(16(17,18)19)13(11(2)15(20)21)10-9-12-7-5-4-6-8-12/h4-11,13-14H,3H2,1-2H3,(H,20,21)/b10-9+/t11-,13-,14?/m1/s1. The van der Waals surface area contributed by atoms with Gasteiger partial charge in [0.1, 0.15) is 0 Å². The molecule has 0 amide bonds. The molecule has 1 aromatic rings. The summed E-state index contributed by atoms with van der Waals surface area (Å²) in [6, 6.07) is 8.87. The van der Waals surface area contributed by atoms with E-state index >= 15 is 0 Å². The molecular weight excluding hydrogens is 281 g/mol. The number of carbonyl (C=O) groups is 1. The summed E-state index contributed by atoms with van der Waals surface area (Å²) in [7, 11) is 0. The Morgan fingerprint density at radius 2 is 1.86 bits per heavy atom.